The van der Waals surface area contributed by atoms with Gasteiger partial charge >= 0.3 is 17.6 Å². The Bertz CT molecular complexity index is 1600. The van der Waals surface area contributed by atoms with E-state index in [1.807, 2.05) is 19.1 Å². The molecule has 3 fully saturated rings. The Morgan fingerprint density at radius 1 is 1.16 bits per heavy atom. The number of carboxylic acid groups (broad SMARTS) is 1. The monoisotopic (exact) mass is 616 g/mol. The Labute approximate surface area is 251 Å². The number of aliphatic hydroxyl groups excluding tert-OH is 3. The number of halogens is 1. The summed E-state index contributed by atoms with van der Waals surface area (Å²) in [4.78, 5) is 51.2. The number of carboxylic acids is 1. The fourth-order valence-corrected chi connectivity index (χ4v) is 8.91. The molecule has 1 unspecified atom stereocenters. The van der Waals surface area contributed by atoms with Crippen LogP contribution >= 0.6 is 0 Å². The standard InChI is InChI=1S/C31H37FN2O10/c1-14(36)43-16-4-6-17-15(11-16)3-5-19-18(17)9-10-31(2)20(19)7-8-21(31)24(29(40)41)34-27(39)22(32)12-33(30(34)42)28-26(38)25(37)23(13-35)44-28/h4,6,11-12,18-21,23-26,28,35,37-38H,3,5,7-10,13H2,1-2H3,(H,40,41)/t18-,19-,20+,21-,23-,24?,25-,26-,28-,31+/m1/s1. The number of hydrogen-bond donors (Lipinski definition) is 4. The molecule has 2 aromatic rings. The largest absolute Gasteiger partial charge is 0.480 e. The number of aryl methyl sites for hydroxylation is 1. The molecule has 3 aliphatic carbocycles. The summed E-state index contributed by atoms with van der Waals surface area (Å²) in [6, 6.07) is 4.03. The van der Waals surface area contributed by atoms with Crippen molar-refractivity contribution >= 4 is 11.9 Å². The number of esters is 1. The van der Waals surface area contributed by atoms with Gasteiger partial charge in [-0.05, 0) is 90.9 Å². The highest BCUT2D eigenvalue weighted by molar-refractivity contribution is 5.72. The van der Waals surface area contributed by atoms with E-state index >= 15 is 4.39 Å². The second kappa shape index (κ2) is 11.2. The number of carbonyl (C=O) groups is 2. The first kappa shape index (κ1) is 30.6. The molecule has 6 rings (SSSR count). The molecule has 4 N–H and O–H groups in total. The van der Waals surface area contributed by atoms with Crippen molar-refractivity contribution in [1.82, 2.24) is 9.13 Å². The lowest BCUT2D eigenvalue weighted by molar-refractivity contribution is -0.145. The molecule has 2 saturated carbocycles. The molecule has 0 radical (unpaired) electrons. The van der Waals surface area contributed by atoms with Crippen LogP contribution in [-0.4, -0.2) is 66.4 Å². The molecular formula is C31H37FN2O10. The van der Waals surface area contributed by atoms with Crippen LogP contribution in [0.1, 0.15) is 75.3 Å². The molecule has 1 aromatic carbocycles. The average Bonchev–Trinajstić information content (AvgIpc) is 3.47. The van der Waals surface area contributed by atoms with Crippen LogP contribution in [0.2, 0.25) is 0 Å². The Morgan fingerprint density at radius 2 is 1.91 bits per heavy atom. The van der Waals surface area contributed by atoms with Crippen molar-refractivity contribution in [2.75, 3.05) is 6.61 Å². The highest BCUT2D eigenvalue weighted by Gasteiger charge is 2.58. The lowest BCUT2D eigenvalue weighted by Gasteiger charge is -2.51. The van der Waals surface area contributed by atoms with E-state index in [0.29, 0.717) is 40.3 Å². The fourth-order valence-electron chi connectivity index (χ4n) is 8.91. The molecule has 0 bridgehead atoms. The van der Waals surface area contributed by atoms with Gasteiger partial charge in [-0.25, -0.2) is 14.2 Å². The first-order valence-electron chi connectivity index (χ1n) is 15.1. The summed E-state index contributed by atoms with van der Waals surface area (Å²) in [6.07, 6.45) is -1.59. The number of rotatable bonds is 6. The number of hydrogen-bond acceptors (Lipinski definition) is 9. The predicted octanol–water partition coefficient (Wildman–Crippen LogP) is 1.48. The second-order valence-electron chi connectivity index (χ2n) is 13.0. The van der Waals surface area contributed by atoms with Crippen LogP contribution in [0.15, 0.2) is 34.0 Å². The summed E-state index contributed by atoms with van der Waals surface area (Å²) in [7, 11) is 0. The van der Waals surface area contributed by atoms with Gasteiger partial charge in [0, 0.05) is 6.92 Å². The van der Waals surface area contributed by atoms with Gasteiger partial charge in [0.1, 0.15) is 30.1 Å². The summed E-state index contributed by atoms with van der Waals surface area (Å²) in [5.41, 5.74) is -0.816. The zero-order chi connectivity index (χ0) is 31.7. The summed E-state index contributed by atoms with van der Waals surface area (Å²) >= 11 is 0. The maximum Gasteiger partial charge on any atom is 0.334 e. The minimum atomic E-state index is -1.73. The predicted molar refractivity (Wildman–Crippen MR) is 150 cm³/mol. The molecule has 4 aliphatic rings. The summed E-state index contributed by atoms with van der Waals surface area (Å²) in [5, 5.41) is 40.6. The molecule has 238 valence electrons. The summed E-state index contributed by atoms with van der Waals surface area (Å²) in [6.45, 7) is 2.68. The zero-order valence-electron chi connectivity index (χ0n) is 24.5. The number of ether oxygens (including phenoxy) is 2. The molecular weight excluding hydrogens is 579 g/mol. The van der Waals surface area contributed by atoms with E-state index in [0.717, 1.165) is 24.8 Å². The second-order valence-corrected chi connectivity index (χ2v) is 13.0. The molecule has 13 heteroatoms. The summed E-state index contributed by atoms with van der Waals surface area (Å²) in [5.74, 6) is -2.83. The molecule has 0 spiro atoms. The maximum atomic E-state index is 15.1. The van der Waals surface area contributed by atoms with E-state index in [2.05, 4.69) is 0 Å². The van der Waals surface area contributed by atoms with Gasteiger partial charge in [-0.15, -0.1) is 0 Å². The van der Waals surface area contributed by atoms with Gasteiger partial charge in [-0.1, -0.05) is 13.0 Å². The molecule has 1 aromatic heterocycles. The van der Waals surface area contributed by atoms with E-state index in [1.165, 1.54) is 12.5 Å². The van der Waals surface area contributed by atoms with Crippen LogP contribution in [-0.2, 0) is 20.7 Å². The number of aromatic nitrogens is 2. The molecule has 12 nitrogen and oxygen atoms in total. The SMILES string of the molecule is CC(=O)Oc1ccc2c(c1)CC[C@@H]1[C@@H]2CC[C@]2(C)[C@@H](C(C(=O)O)n3c(=O)c(F)cn([C@@H]4O[C@H](CO)[C@@H](O)[C@H]4O)c3=O)CC[C@@H]12. The van der Waals surface area contributed by atoms with Crippen molar-refractivity contribution < 1.29 is 43.9 Å². The maximum absolute atomic E-state index is 15.1. The fraction of sp³-hybridized carbons (Fsp3) is 0.613. The number of aliphatic carboxylic acids is 1. The highest BCUT2D eigenvalue weighted by Crippen LogP contribution is 2.64. The molecule has 1 saturated heterocycles. The lowest BCUT2D eigenvalue weighted by atomic mass is 9.53. The van der Waals surface area contributed by atoms with Gasteiger partial charge in [0.2, 0.25) is 5.82 Å². The third kappa shape index (κ3) is 4.72. The Morgan fingerprint density at radius 3 is 2.57 bits per heavy atom. The van der Waals surface area contributed by atoms with Gasteiger partial charge in [0.05, 0.1) is 12.8 Å². The smallest absolute Gasteiger partial charge is 0.334 e. The first-order chi connectivity index (χ1) is 20.9. The van der Waals surface area contributed by atoms with E-state index in [-0.39, 0.29) is 23.7 Å². The van der Waals surface area contributed by atoms with Crippen molar-refractivity contribution in [3.05, 3.63) is 62.2 Å². The molecule has 1 aliphatic heterocycles. The van der Waals surface area contributed by atoms with Gasteiger partial charge in [-0.2, -0.15) is 4.39 Å². The van der Waals surface area contributed by atoms with Gasteiger partial charge in [-0.3, -0.25) is 14.2 Å². The van der Waals surface area contributed by atoms with Crippen LogP contribution in [0.5, 0.6) is 5.75 Å². The normalized spacial score (nSPS) is 35.0. The number of benzene rings is 1. The van der Waals surface area contributed by atoms with Crippen LogP contribution in [0, 0.1) is 29.0 Å². The quantitative estimate of drug-likeness (QED) is 0.275. The minimum Gasteiger partial charge on any atom is -0.480 e. The third-order valence-electron chi connectivity index (χ3n) is 10.8. The van der Waals surface area contributed by atoms with Crippen LogP contribution in [0.25, 0.3) is 0 Å². The van der Waals surface area contributed by atoms with Crippen LogP contribution in [0.4, 0.5) is 4.39 Å². The Balaban J connectivity index is 1.34. The van der Waals surface area contributed by atoms with E-state index in [4.69, 9.17) is 9.47 Å². The van der Waals surface area contributed by atoms with Crippen molar-refractivity contribution in [2.45, 2.75) is 88.9 Å². The third-order valence-corrected chi connectivity index (χ3v) is 10.8. The highest BCUT2D eigenvalue weighted by atomic mass is 19.1. The van der Waals surface area contributed by atoms with Gasteiger partial charge in [0.15, 0.2) is 6.23 Å². The van der Waals surface area contributed by atoms with Crippen LogP contribution in [0.3, 0.4) is 0 Å². The van der Waals surface area contributed by atoms with Gasteiger partial charge in [0.25, 0.3) is 5.56 Å². The molecule has 10 atom stereocenters. The number of carbonyl (C=O) groups excluding carboxylic acids is 1. The Hall–Kier alpha value is -3.39. The average molecular weight is 617 g/mol. The van der Waals surface area contributed by atoms with Crippen molar-refractivity contribution in [3.63, 3.8) is 0 Å². The molecule has 44 heavy (non-hydrogen) atoms. The van der Waals surface area contributed by atoms with E-state index in [9.17, 15) is 39.6 Å². The molecule has 2 heterocycles. The Kier molecular flexibility index (Phi) is 7.80. The van der Waals surface area contributed by atoms with Gasteiger partial charge < -0.3 is 29.9 Å². The number of nitrogens with zero attached hydrogens (tertiary/aromatic N) is 2. The summed E-state index contributed by atoms with van der Waals surface area (Å²) < 4.78 is 26.8. The zero-order valence-corrected chi connectivity index (χ0v) is 24.5. The van der Waals surface area contributed by atoms with Crippen molar-refractivity contribution in [2.24, 2.45) is 23.2 Å². The first-order valence-corrected chi connectivity index (χ1v) is 15.1. The minimum absolute atomic E-state index is 0.0985. The number of fused-ring (bicyclic) bond motifs is 5. The molecule has 0 amide bonds. The lowest BCUT2D eigenvalue weighted by Crippen LogP contribution is -2.52. The van der Waals surface area contributed by atoms with E-state index < -0.39 is 71.6 Å². The topological polar surface area (TPSA) is 178 Å². The van der Waals surface area contributed by atoms with Crippen molar-refractivity contribution in [3.8, 4) is 5.75 Å². The van der Waals surface area contributed by atoms with E-state index in [1.54, 1.807) is 6.07 Å². The number of aliphatic hydroxyl groups is 3. The van der Waals surface area contributed by atoms with Crippen molar-refractivity contribution in [1.29, 1.82) is 0 Å². The van der Waals surface area contributed by atoms with Crippen LogP contribution < -0.4 is 16.0 Å².